The summed E-state index contributed by atoms with van der Waals surface area (Å²) in [5.74, 6) is -0.334. The molecule has 0 spiro atoms. The topological polar surface area (TPSA) is 78.7 Å². The fourth-order valence-electron chi connectivity index (χ4n) is 1.38. The van der Waals surface area contributed by atoms with Gasteiger partial charge in [-0.25, -0.2) is 9.97 Å². The maximum absolute atomic E-state index is 11.3. The van der Waals surface area contributed by atoms with Crippen molar-refractivity contribution in [2.45, 2.75) is 6.42 Å². The molecule has 2 aromatic rings. The molecule has 0 aliphatic carbocycles. The smallest absolute Gasteiger partial charge is 0.238 e. The number of nitriles is 1. The van der Waals surface area contributed by atoms with Crippen LogP contribution in [0.2, 0.25) is 0 Å². The van der Waals surface area contributed by atoms with Gasteiger partial charge < -0.3 is 5.32 Å². The second-order valence-electron chi connectivity index (χ2n) is 3.14. The van der Waals surface area contributed by atoms with Gasteiger partial charge in [0.1, 0.15) is 12.7 Å². The van der Waals surface area contributed by atoms with Gasteiger partial charge in [0.25, 0.3) is 0 Å². The molecule has 0 aliphatic rings. The molecule has 5 nitrogen and oxygen atoms in total. The number of benzene rings is 1. The summed E-state index contributed by atoms with van der Waals surface area (Å²) in [5.41, 5.74) is 1.38. The van der Waals surface area contributed by atoms with E-state index in [0.29, 0.717) is 5.69 Å². The number of nitrogens with zero attached hydrogens (tertiary/aromatic N) is 3. The van der Waals surface area contributed by atoms with Gasteiger partial charge in [0.05, 0.1) is 17.3 Å². The number of rotatable bonds is 2. The van der Waals surface area contributed by atoms with Crippen LogP contribution in [0.25, 0.3) is 10.9 Å². The maximum Gasteiger partial charge on any atom is 0.238 e. The van der Waals surface area contributed by atoms with Crippen LogP contribution < -0.4 is 5.32 Å². The first-order valence-electron chi connectivity index (χ1n) is 4.67. The highest BCUT2D eigenvalue weighted by atomic mass is 16.1. The Labute approximate surface area is 91.8 Å². The molecule has 0 fully saturated rings. The predicted molar refractivity (Wildman–Crippen MR) is 58.4 cm³/mol. The molecule has 1 aromatic heterocycles. The van der Waals surface area contributed by atoms with E-state index in [0.717, 1.165) is 10.9 Å². The lowest BCUT2D eigenvalue weighted by Gasteiger charge is -2.05. The number of fused-ring (bicyclic) bond motifs is 1. The summed E-state index contributed by atoms with van der Waals surface area (Å²) in [6.07, 6.45) is 2.91. The van der Waals surface area contributed by atoms with Gasteiger partial charge in [-0.2, -0.15) is 5.26 Å². The minimum Gasteiger partial charge on any atom is -0.325 e. The maximum atomic E-state index is 11.3. The monoisotopic (exact) mass is 212 g/mol. The van der Waals surface area contributed by atoms with Gasteiger partial charge in [0, 0.05) is 11.6 Å². The molecule has 0 unspecified atom stereocenters. The van der Waals surface area contributed by atoms with Gasteiger partial charge in [0.2, 0.25) is 5.91 Å². The minimum absolute atomic E-state index is 0.163. The summed E-state index contributed by atoms with van der Waals surface area (Å²) in [5, 5.41) is 11.8. The predicted octanol–water partition coefficient (Wildman–Crippen LogP) is 1.48. The van der Waals surface area contributed by atoms with Crippen LogP contribution in [0.5, 0.6) is 0 Å². The molecule has 2 rings (SSSR count). The van der Waals surface area contributed by atoms with E-state index < -0.39 is 0 Å². The van der Waals surface area contributed by atoms with Crippen molar-refractivity contribution in [1.29, 1.82) is 5.26 Å². The highest BCUT2D eigenvalue weighted by molar-refractivity contribution is 6.01. The Hall–Kier alpha value is -2.48. The number of nitrogens with one attached hydrogen (secondary N) is 1. The largest absolute Gasteiger partial charge is 0.325 e. The Morgan fingerprint density at radius 1 is 1.50 bits per heavy atom. The van der Waals surface area contributed by atoms with Crippen LogP contribution in [0.4, 0.5) is 5.69 Å². The average molecular weight is 212 g/mol. The summed E-state index contributed by atoms with van der Waals surface area (Å²) >= 11 is 0. The van der Waals surface area contributed by atoms with Crippen molar-refractivity contribution in [3.63, 3.8) is 0 Å². The quantitative estimate of drug-likeness (QED) is 0.817. The molecule has 0 saturated carbocycles. The number of hydrogen-bond acceptors (Lipinski definition) is 4. The van der Waals surface area contributed by atoms with Crippen molar-refractivity contribution in [3.8, 4) is 6.07 Å². The van der Waals surface area contributed by atoms with Crippen molar-refractivity contribution in [3.05, 3.63) is 30.7 Å². The minimum atomic E-state index is -0.334. The summed E-state index contributed by atoms with van der Waals surface area (Å²) < 4.78 is 0. The van der Waals surface area contributed by atoms with E-state index in [1.807, 2.05) is 6.07 Å². The molecule has 78 valence electrons. The zero-order valence-electron chi connectivity index (χ0n) is 8.34. The van der Waals surface area contributed by atoms with Crippen LogP contribution in [0.15, 0.2) is 30.7 Å². The third-order valence-corrected chi connectivity index (χ3v) is 2.06. The highest BCUT2D eigenvalue weighted by Crippen LogP contribution is 2.20. The summed E-state index contributed by atoms with van der Waals surface area (Å²) in [4.78, 5) is 19.2. The van der Waals surface area contributed by atoms with E-state index in [4.69, 9.17) is 5.26 Å². The van der Waals surface area contributed by atoms with Gasteiger partial charge in [-0.3, -0.25) is 4.79 Å². The summed E-state index contributed by atoms with van der Waals surface area (Å²) in [7, 11) is 0. The Morgan fingerprint density at radius 3 is 3.19 bits per heavy atom. The number of amides is 1. The summed E-state index contributed by atoms with van der Waals surface area (Å²) in [6, 6.07) is 7.16. The second-order valence-corrected chi connectivity index (χ2v) is 3.14. The van der Waals surface area contributed by atoms with Crippen molar-refractivity contribution in [2.75, 3.05) is 5.32 Å². The van der Waals surface area contributed by atoms with Gasteiger partial charge in [-0.05, 0) is 12.1 Å². The van der Waals surface area contributed by atoms with Crippen molar-refractivity contribution >= 4 is 22.5 Å². The number of carbonyl (C=O) groups excluding carboxylic acids is 1. The van der Waals surface area contributed by atoms with Crippen LogP contribution in [0.3, 0.4) is 0 Å². The molecular formula is C11H8N4O. The number of hydrogen-bond donors (Lipinski definition) is 1. The molecule has 1 N–H and O–H groups in total. The molecule has 1 aromatic carbocycles. The van der Waals surface area contributed by atoms with E-state index in [2.05, 4.69) is 15.3 Å². The van der Waals surface area contributed by atoms with Gasteiger partial charge >= 0.3 is 0 Å². The lowest BCUT2D eigenvalue weighted by Crippen LogP contribution is -2.10. The lowest BCUT2D eigenvalue weighted by molar-refractivity contribution is -0.115. The van der Waals surface area contributed by atoms with Crippen LogP contribution in [-0.2, 0) is 4.79 Å². The fraction of sp³-hybridized carbons (Fsp3) is 0.0909. The van der Waals surface area contributed by atoms with E-state index in [9.17, 15) is 4.79 Å². The Kier molecular flexibility index (Phi) is 2.74. The first-order chi connectivity index (χ1) is 7.81. The van der Waals surface area contributed by atoms with E-state index in [-0.39, 0.29) is 12.3 Å². The zero-order valence-corrected chi connectivity index (χ0v) is 8.34. The van der Waals surface area contributed by atoms with Crippen LogP contribution >= 0.6 is 0 Å². The van der Waals surface area contributed by atoms with Crippen molar-refractivity contribution in [1.82, 2.24) is 9.97 Å². The van der Waals surface area contributed by atoms with Crippen LogP contribution in [0.1, 0.15) is 6.42 Å². The van der Waals surface area contributed by atoms with Gasteiger partial charge in [-0.1, -0.05) is 6.07 Å². The number of aromatic nitrogens is 2. The summed E-state index contributed by atoms with van der Waals surface area (Å²) in [6.45, 7) is 0. The molecule has 0 radical (unpaired) electrons. The first-order valence-corrected chi connectivity index (χ1v) is 4.67. The SMILES string of the molecule is N#CCC(=O)Nc1cccc2ncncc12. The number of anilines is 1. The van der Waals surface area contributed by atoms with Gasteiger partial charge in [-0.15, -0.1) is 0 Å². The first kappa shape index (κ1) is 10.1. The standard InChI is InChI=1S/C11H8N4O/c12-5-4-11(16)15-10-3-1-2-9-8(10)6-13-7-14-9/h1-3,6-7H,4H2,(H,15,16). The second kappa shape index (κ2) is 4.36. The van der Waals surface area contributed by atoms with Crippen LogP contribution in [0, 0.1) is 11.3 Å². The molecule has 1 amide bonds. The molecule has 1 heterocycles. The molecule has 0 saturated heterocycles. The molecule has 5 heteroatoms. The Bertz CT molecular complexity index is 568. The van der Waals surface area contributed by atoms with E-state index in [1.54, 1.807) is 24.4 Å². The van der Waals surface area contributed by atoms with E-state index >= 15 is 0 Å². The van der Waals surface area contributed by atoms with Crippen molar-refractivity contribution in [2.24, 2.45) is 0 Å². The zero-order chi connectivity index (χ0) is 11.4. The van der Waals surface area contributed by atoms with Crippen molar-refractivity contribution < 1.29 is 4.79 Å². The van der Waals surface area contributed by atoms with Crippen LogP contribution in [-0.4, -0.2) is 15.9 Å². The molecule has 0 aliphatic heterocycles. The number of carbonyl (C=O) groups is 1. The highest BCUT2D eigenvalue weighted by Gasteiger charge is 2.05. The third kappa shape index (κ3) is 1.96. The molecule has 16 heavy (non-hydrogen) atoms. The molecule has 0 atom stereocenters. The normalized spacial score (nSPS) is 9.69. The molecular weight excluding hydrogens is 204 g/mol. The van der Waals surface area contributed by atoms with Gasteiger partial charge in [0.15, 0.2) is 0 Å². The Balaban J connectivity index is 2.38. The lowest BCUT2D eigenvalue weighted by atomic mass is 10.2. The third-order valence-electron chi connectivity index (χ3n) is 2.06. The Morgan fingerprint density at radius 2 is 2.38 bits per heavy atom. The molecule has 0 bridgehead atoms. The van der Waals surface area contributed by atoms with E-state index in [1.165, 1.54) is 6.33 Å². The average Bonchev–Trinajstić information content (AvgIpc) is 2.30. The fourth-order valence-corrected chi connectivity index (χ4v) is 1.38.